The molecule has 0 aromatic carbocycles. The van der Waals surface area contributed by atoms with E-state index in [2.05, 4.69) is 38.3 Å². The molecule has 0 saturated heterocycles. The van der Waals surface area contributed by atoms with Gasteiger partial charge in [0.25, 0.3) is 0 Å². The molecule has 0 aliphatic rings. The molecule has 0 amide bonds. The third-order valence-corrected chi connectivity index (χ3v) is 3.03. The Kier molecular flexibility index (Phi) is 12.3. The first-order valence-electron chi connectivity index (χ1n) is 7.60. The fourth-order valence-corrected chi connectivity index (χ4v) is 1.91. The van der Waals surface area contributed by atoms with E-state index in [0.717, 1.165) is 19.0 Å². The smallest absolute Gasteiger partial charge is 0.0164 e. The highest BCUT2D eigenvalue weighted by Crippen LogP contribution is 2.04. The van der Waals surface area contributed by atoms with Gasteiger partial charge in [-0.15, -0.1) is 0 Å². The number of hydrogen-bond acceptors (Lipinski definition) is 2. The first-order valence-corrected chi connectivity index (χ1v) is 7.60. The Bertz CT molecular complexity index is 146. The van der Waals surface area contributed by atoms with Gasteiger partial charge < -0.3 is 10.6 Å². The summed E-state index contributed by atoms with van der Waals surface area (Å²) in [6.45, 7) is 12.4. The fraction of sp³-hybridized carbons (Fsp3) is 1.00. The third kappa shape index (κ3) is 13.9. The second kappa shape index (κ2) is 12.4. The normalized spacial score (nSPS) is 13.2. The molecule has 2 N–H and O–H groups in total. The van der Waals surface area contributed by atoms with Crippen molar-refractivity contribution in [2.45, 2.75) is 72.3 Å². The summed E-state index contributed by atoms with van der Waals surface area (Å²) in [5.41, 5.74) is 0. The second-order valence-electron chi connectivity index (χ2n) is 5.68. The highest BCUT2D eigenvalue weighted by Gasteiger charge is 2.00. The molecule has 0 fully saturated rings. The lowest BCUT2D eigenvalue weighted by Crippen LogP contribution is -2.38. The van der Waals surface area contributed by atoms with Crippen molar-refractivity contribution in [3.63, 3.8) is 0 Å². The summed E-state index contributed by atoms with van der Waals surface area (Å²) in [4.78, 5) is 0. The van der Waals surface area contributed by atoms with E-state index < -0.39 is 0 Å². The maximum atomic E-state index is 3.58. The molecule has 0 spiro atoms. The Morgan fingerprint density at radius 3 is 2.12 bits per heavy atom. The number of unbranched alkanes of at least 4 members (excludes halogenated alkanes) is 5. The van der Waals surface area contributed by atoms with Crippen LogP contribution in [0.4, 0.5) is 0 Å². The van der Waals surface area contributed by atoms with Gasteiger partial charge in [0, 0.05) is 12.6 Å². The molecule has 2 heteroatoms. The standard InChI is InChI=1S/C15H34N2/c1-5-6-7-8-9-10-11-17-15(4)13-16-12-14(2)3/h14-17H,5-13H2,1-4H3. The van der Waals surface area contributed by atoms with Crippen molar-refractivity contribution in [2.75, 3.05) is 19.6 Å². The van der Waals surface area contributed by atoms with E-state index in [1.54, 1.807) is 0 Å². The second-order valence-corrected chi connectivity index (χ2v) is 5.68. The van der Waals surface area contributed by atoms with Gasteiger partial charge in [0.1, 0.15) is 0 Å². The first-order chi connectivity index (χ1) is 8.16. The molecule has 0 aromatic rings. The van der Waals surface area contributed by atoms with Crippen LogP contribution in [0.15, 0.2) is 0 Å². The van der Waals surface area contributed by atoms with E-state index in [4.69, 9.17) is 0 Å². The van der Waals surface area contributed by atoms with E-state index in [-0.39, 0.29) is 0 Å². The lowest BCUT2D eigenvalue weighted by molar-refractivity contribution is 0.462. The molecule has 0 aliphatic heterocycles. The molecule has 0 aromatic heterocycles. The molecular formula is C15H34N2. The van der Waals surface area contributed by atoms with Gasteiger partial charge in [-0.2, -0.15) is 0 Å². The highest BCUT2D eigenvalue weighted by atomic mass is 15.0. The van der Waals surface area contributed by atoms with Gasteiger partial charge in [-0.05, 0) is 32.4 Å². The quantitative estimate of drug-likeness (QED) is 0.511. The molecular weight excluding hydrogens is 208 g/mol. The Hall–Kier alpha value is -0.0800. The van der Waals surface area contributed by atoms with Crippen LogP contribution in [-0.4, -0.2) is 25.7 Å². The van der Waals surface area contributed by atoms with Gasteiger partial charge in [-0.1, -0.05) is 52.9 Å². The van der Waals surface area contributed by atoms with Gasteiger partial charge >= 0.3 is 0 Å². The summed E-state index contributed by atoms with van der Waals surface area (Å²) < 4.78 is 0. The topological polar surface area (TPSA) is 24.1 Å². The van der Waals surface area contributed by atoms with Crippen LogP contribution in [0.2, 0.25) is 0 Å². The van der Waals surface area contributed by atoms with E-state index in [1.165, 1.54) is 45.1 Å². The van der Waals surface area contributed by atoms with Crippen molar-refractivity contribution in [3.8, 4) is 0 Å². The molecule has 0 radical (unpaired) electrons. The predicted molar refractivity (Wildman–Crippen MR) is 78.5 cm³/mol. The van der Waals surface area contributed by atoms with Crippen molar-refractivity contribution >= 4 is 0 Å². The van der Waals surface area contributed by atoms with Crippen molar-refractivity contribution < 1.29 is 0 Å². The predicted octanol–water partition coefficient (Wildman–Crippen LogP) is 3.57. The summed E-state index contributed by atoms with van der Waals surface area (Å²) in [6, 6.07) is 0.601. The van der Waals surface area contributed by atoms with Crippen LogP contribution >= 0.6 is 0 Å². The minimum Gasteiger partial charge on any atom is -0.315 e. The maximum absolute atomic E-state index is 3.58. The zero-order chi connectivity index (χ0) is 12.9. The molecule has 0 aliphatic carbocycles. The van der Waals surface area contributed by atoms with Crippen molar-refractivity contribution in [1.29, 1.82) is 0 Å². The molecule has 0 bridgehead atoms. The van der Waals surface area contributed by atoms with Crippen LogP contribution in [0.3, 0.4) is 0 Å². The summed E-state index contributed by atoms with van der Waals surface area (Å²) in [7, 11) is 0. The zero-order valence-electron chi connectivity index (χ0n) is 12.5. The van der Waals surface area contributed by atoms with Crippen molar-refractivity contribution in [1.82, 2.24) is 10.6 Å². The number of rotatable bonds is 12. The van der Waals surface area contributed by atoms with Gasteiger partial charge in [0.2, 0.25) is 0 Å². The Morgan fingerprint density at radius 2 is 1.47 bits per heavy atom. The summed E-state index contributed by atoms with van der Waals surface area (Å²) in [5, 5.41) is 7.08. The monoisotopic (exact) mass is 242 g/mol. The van der Waals surface area contributed by atoms with Crippen LogP contribution in [0, 0.1) is 5.92 Å². The van der Waals surface area contributed by atoms with Gasteiger partial charge in [0.05, 0.1) is 0 Å². The maximum Gasteiger partial charge on any atom is 0.0164 e. The van der Waals surface area contributed by atoms with Crippen LogP contribution < -0.4 is 10.6 Å². The van der Waals surface area contributed by atoms with Crippen molar-refractivity contribution in [3.05, 3.63) is 0 Å². The molecule has 0 saturated carbocycles. The number of hydrogen-bond donors (Lipinski definition) is 2. The molecule has 0 rings (SSSR count). The Morgan fingerprint density at radius 1 is 0.824 bits per heavy atom. The minimum absolute atomic E-state index is 0.601. The fourth-order valence-electron chi connectivity index (χ4n) is 1.91. The lowest BCUT2D eigenvalue weighted by Gasteiger charge is -2.15. The van der Waals surface area contributed by atoms with E-state index in [0.29, 0.717) is 6.04 Å². The molecule has 0 heterocycles. The molecule has 2 nitrogen and oxygen atoms in total. The van der Waals surface area contributed by atoms with Crippen LogP contribution in [0.1, 0.15) is 66.2 Å². The molecule has 17 heavy (non-hydrogen) atoms. The van der Waals surface area contributed by atoms with E-state index in [9.17, 15) is 0 Å². The van der Waals surface area contributed by atoms with Crippen LogP contribution in [-0.2, 0) is 0 Å². The van der Waals surface area contributed by atoms with Crippen molar-refractivity contribution in [2.24, 2.45) is 5.92 Å². The zero-order valence-corrected chi connectivity index (χ0v) is 12.5. The summed E-state index contributed by atoms with van der Waals surface area (Å²) >= 11 is 0. The number of nitrogens with one attached hydrogen (secondary N) is 2. The van der Waals surface area contributed by atoms with Gasteiger partial charge in [-0.25, -0.2) is 0 Å². The van der Waals surface area contributed by atoms with Gasteiger partial charge in [0.15, 0.2) is 0 Å². The van der Waals surface area contributed by atoms with E-state index in [1.807, 2.05) is 0 Å². The third-order valence-electron chi connectivity index (χ3n) is 3.03. The summed E-state index contributed by atoms with van der Waals surface area (Å²) in [5.74, 6) is 0.751. The largest absolute Gasteiger partial charge is 0.315 e. The Labute approximate surface area is 109 Å². The molecule has 1 atom stereocenters. The van der Waals surface area contributed by atoms with E-state index >= 15 is 0 Å². The van der Waals surface area contributed by atoms with Crippen LogP contribution in [0.5, 0.6) is 0 Å². The minimum atomic E-state index is 0.601. The summed E-state index contributed by atoms with van der Waals surface area (Å²) in [6.07, 6.45) is 8.30. The van der Waals surface area contributed by atoms with Gasteiger partial charge in [-0.3, -0.25) is 0 Å². The molecule has 104 valence electrons. The first kappa shape index (κ1) is 16.9. The van der Waals surface area contributed by atoms with Crippen LogP contribution in [0.25, 0.3) is 0 Å². The molecule has 1 unspecified atom stereocenters. The average molecular weight is 242 g/mol. The average Bonchev–Trinajstić information content (AvgIpc) is 2.27. The highest BCUT2D eigenvalue weighted by molar-refractivity contribution is 4.64. The lowest BCUT2D eigenvalue weighted by atomic mass is 10.1. The SMILES string of the molecule is CCCCCCCCNC(C)CNCC(C)C. The Balaban J connectivity index is 3.13.